The van der Waals surface area contributed by atoms with Crippen molar-refractivity contribution in [3.63, 3.8) is 0 Å². The van der Waals surface area contributed by atoms with Crippen LogP contribution in [0.25, 0.3) is 0 Å². The number of piperazine rings is 1. The number of amides is 2. The summed E-state index contributed by atoms with van der Waals surface area (Å²) in [5, 5.41) is 0. The van der Waals surface area contributed by atoms with Crippen molar-refractivity contribution < 1.29 is 9.59 Å². The van der Waals surface area contributed by atoms with Crippen molar-refractivity contribution in [3.8, 4) is 0 Å². The lowest BCUT2D eigenvalue weighted by Crippen LogP contribution is -2.47. The van der Waals surface area contributed by atoms with E-state index in [1.807, 2.05) is 11.0 Å². The minimum absolute atomic E-state index is 0.119. The van der Waals surface area contributed by atoms with Gasteiger partial charge >= 0.3 is 0 Å². The Balaban J connectivity index is 1.94. The van der Waals surface area contributed by atoms with E-state index in [0.717, 1.165) is 31.9 Å². The van der Waals surface area contributed by atoms with Crippen molar-refractivity contribution in [2.75, 3.05) is 26.2 Å². The Morgan fingerprint density at radius 2 is 1.95 bits per heavy atom. The third-order valence-corrected chi connectivity index (χ3v) is 3.26. The number of pyridine rings is 1. The van der Waals surface area contributed by atoms with Gasteiger partial charge in [0.05, 0.1) is 5.69 Å². The van der Waals surface area contributed by atoms with Gasteiger partial charge in [0.1, 0.15) is 5.69 Å². The van der Waals surface area contributed by atoms with Crippen molar-refractivity contribution in [2.45, 2.75) is 13.5 Å². The summed E-state index contributed by atoms with van der Waals surface area (Å²) in [4.78, 5) is 30.6. The number of hydrogen-bond acceptors (Lipinski definition) is 4. The van der Waals surface area contributed by atoms with Crippen molar-refractivity contribution in [1.82, 2.24) is 14.8 Å². The van der Waals surface area contributed by atoms with Crippen LogP contribution >= 0.6 is 0 Å². The first kappa shape index (κ1) is 13.5. The second kappa shape index (κ2) is 5.79. The fraction of sp³-hybridized carbons (Fsp3) is 0.462. The summed E-state index contributed by atoms with van der Waals surface area (Å²) in [5.74, 6) is -0.392. The summed E-state index contributed by atoms with van der Waals surface area (Å²) in [6, 6.07) is 5.28. The summed E-state index contributed by atoms with van der Waals surface area (Å²) in [6.45, 7) is 5.39. The average Bonchev–Trinajstić information content (AvgIpc) is 2.39. The van der Waals surface area contributed by atoms with Gasteiger partial charge in [-0.15, -0.1) is 0 Å². The molecule has 0 spiro atoms. The minimum Gasteiger partial charge on any atom is -0.364 e. The van der Waals surface area contributed by atoms with Gasteiger partial charge in [0, 0.05) is 39.6 Å². The van der Waals surface area contributed by atoms with Crippen LogP contribution in [0.15, 0.2) is 18.2 Å². The molecule has 1 aromatic rings. The summed E-state index contributed by atoms with van der Waals surface area (Å²) >= 11 is 0. The number of hydrogen-bond donors (Lipinski definition) is 1. The van der Waals surface area contributed by atoms with Crippen LogP contribution in [-0.2, 0) is 11.3 Å². The molecule has 2 amide bonds. The van der Waals surface area contributed by atoms with Crippen molar-refractivity contribution in [2.24, 2.45) is 5.73 Å². The monoisotopic (exact) mass is 262 g/mol. The largest absolute Gasteiger partial charge is 0.364 e. The van der Waals surface area contributed by atoms with Crippen molar-refractivity contribution in [3.05, 3.63) is 29.6 Å². The predicted molar refractivity (Wildman–Crippen MR) is 70.3 cm³/mol. The minimum atomic E-state index is -0.511. The van der Waals surface area contributed by atoms with Crippen LogP contribution in [0.4, 0.5) is 0 Å². The summed E-state index contributed by atoms with van der Waals surface area (Å²) in [5.41, 5.74) is 6.33. The fourth-order valence-corrected chi connectivity index (χ4v) is 2.15. The molecule has 19 heavy (non-hydrogen) atoms. The first-order valence-corrected chi connectivity index (χ1v) is 6.30. The Morgan fingerprint density at radius 3 is 2.53 bits per heavy atom. The highest BCUT2D eigenvalue weighted by Crippen LogP contribution is 2.07. The Labute approximate surface area is 112 Å². The zero-order chi connectivity index (χ0) is 13.8. The van der Waals surface area contributed by atoms with Gasteiger partial charge in [-0.05, 0) is 12.1 Å². The molecule has 0 saturated carbocycles. The molecular weight excluding hydrogens is 244 g/mol. The van der Waals surface area contributed by atoms with Gasteiger partial charge in [0.25, 0.3) is 5.91 Å². The van der Waals surface area contributed by atoms with Gasteiger partial charge in [-0.3, -0.25) is 14.5 Å². The zero-order valence-corrected chi connectivity index (χ0v) is 11.0. The van der Waals surface area contributed by atoms with Gasteiger partial charge in [-0.1, -0.05) is 6.07 Å². The van der Waals surface area contributed by atoms with E-state index in [1.165, 1.54) is 0 Å². The molecule has 1 fully saturated rings. The molecule has 1 aliphatic heterocycles. The van der Waals surface area contributed by atoms with Crippen LogP contribution in [0, 0.1) is 0 Å². The molecule has 0 radical (unpaired) electrons. The molecule has 0 unspecified atom stereocenters. The highest BCUT2D eigenvalue weighted by atomic mass is 16.2. The number of nitrogens with two attached hydrogens (primary N) is 1. The maximum atomic E-state index is 11.2. The topological polar surface area (TPSA) is 79.5 Å². The SMILES string of the molecule is CC(=O)N1CCN(Cc2cccc(C(N)=O)n2)CC1. The summed E-state index contributed by atoms with van der Waals surface area (Å²) < 4.78 is 0. The van der Waals surface area contributed by atoms with Crippen LogP contribution in [0.2, 0.25) is 0 Å². The van der Waals surface area contributed by atoms with E-state index in [1.54, 1.807) is 19.1 Å². The normalized spacial score (nSPS) is 16.4. The zero-order valence-electron chi connectivity index (χ0n) is 11.0. The third-order valence-electron chi connectivity index (χ3n) is 3.26. The number of primary amides is 1. The average molecular weight is 262 g/mol. The van der Waals surface area contributed by atoms with E-state index in [2.05, 4.69) is 9.88 Å². The van der Waals surface area contributed by atoms with Gasteiger partial charge in [-0.25, -0.2) is 4.98 Å². The molecule has 0 aromatic carbocycles. The van der Waals surface area contributed by atoms with E-state index in [-0.39, 0.29) is 5.91 Å². The van der Waals surface area contributed by atoms with E-state index >= 15 is 0 Å². The molecular formula is C13H18N4O2. The van der Waals surface area contributed by atoms with E-state index in [0.29, 0.717) is 12.2 Å². The number of carbonyl (C=O) groups is 2. The number of rotatable bonds is 3. The lowest BCUT2D eigenvalue weighted by Gasteiger charge is -2.33. The fourth-order valence-electron chi connectivity index (χ4n) is 2.15. The Hall–Kier alpha value is -1.95. The Morgan fingerprint density at radius 1 is 1.26 bits per heavy atom. The van der Waals surface area contributed by atoms with Crippen LogP contribution < -0.4 is 5.73 Å². The van der Waals surface area contributed by atoms with Crippen molar-refractivity contribution in [1.29, 1.82) is 0 Å². The first-order valence-electron chi connectivity index (χ1n) is 6.30. The maximum Gasteiger partial charge on any atom is 0.267 e. The van der Waals surface area contributed by atoms with Crippen LogP contribution in [0.3, 0.4) is 0 Å². The summed E-state index contributed by atoms with van der Waals surface area (Å²) in [7, 11) is 0. The molecule has 2 heterocycles. The summed E-state index contributed by atoms with van der Waals surface area (Å²) in [6.07, 6.45) is 0. The molecule has 0 bridgehead atoms. The molecule has 1 saturated heterocycles. The van der Waals surface area contributed by atoms with Gasteiger partial charge in [-0.2, -0.15) is 0 Å². The van der Waals surface area contributed by atoms with Crippen molar-refractivity contribution >= 4 is 11.8 Å². The molecule has 6 heteroatoms. The maximum absolute atomic E-state index is 11.2. The molecule has 0 atom stereocenters. The Bertz CT molecular complexity index is 481. The second-order valence-corrected chi connectivity index (χ2v) is 4.66. The van der Waals surface area contributed by atoms with Crippen LogP contribution in [-0.4, -0.2) is 52.8 Å². The number of carbonyl (C=O) groups excluding carboxylic acids is 2. The second-order valence-electron chi connectivity index (χ2n) is 4.66. The molecule has 6 nitrogen and oxygen atoms in total. The van der Waals surface area contributed by atoms with E-state index in [4.69, 9.17) is 5.73 Å². The molecule has 1 aliphatic rings. The number of aromatic nitrogens is 1. The lowest BCUT2D eigenvalue weighted by molar-refractivity contribution is -0.130. The third kappa shape index (κ3) is 3.51. The smallest absolute Gasteiger partial charge is 0.267 e. The number of nitrogens with zero attached hydrogens (tertiary/aromatic N) is 3. The van der Waals surface area contributed by atoms with Gasteiger partial charge in [0.15, 0.2) is 0 Å². The Kier molecular flexibility index (Phi) is 4.11. The lowest BCUT2D eigenvalue weighted by atomic mass is 10.2. The first-order chi connectivity index (χ1) is 9.06. The van der Waals surface area contributed by atoms with Gasteiger partial charge < -0.3 is 10.6 Å². The quantitative estimate of drug-likeness (QED) is 0.821. The van der Waals surface area contributed by atoms with E-state index < -0.39 is 5.91 Å². The molecule has 102 valence electrons. The molecule has 0 aliphatic carbocycles. The van der Waals surface area contributed by atoms with Crippen LogP contribution in [0.5, 0.6) is 0 Å². The molecule has 1 aromatic heterocycles. The van der Waals surface area contributed by atoms with Crippen LogP contribution in [0.1, 0.15) is 23.1 Å². The molecule has 2 rings (SSSR count). The molecule has 2 N–H and O–H groups in total. The standard InChI is InChI=1S/C13H18N4O2/c1-10(18)17-7-5-16(6-8-17)9-11-3-2-4-12(15-11)13(14)19/h2-4H,5-9H2,1H3,(H2,14,19). The highest BCUT2D eigenvalue weighted by molar-refractivity contribution is 5.90. The van der Waals surface area contributed by atoms with Gasteiger partial charge in [0.2, 0.25) is 5.91 Å². The predicted octanol–water partition coefficient (Wildman–Crippen LogP) is -0.155. The highest BCUT2D eigenvalue weighted by Gasteiger charge is 2.18. The van der Waals surface area contributed by atoms with E-state index in [9.17, 15) is 9.59 Å².